The smallest absolute Gasteiger partial charge is 0.408 e. The van der Waals surface area contributed by atoms with Gasteiger partial charge in [0.15, 0.2) is 5.54 Å². The molecular formula is C42H52N6O8S. The summed E-state index contributed by atoms with van der Waals surface area (Å²) in [6.45, 7) is 1.57. The Morgan fingerprint density at radius 2 is 1.70 bits per heavy atom. The number of nitrogens with zero attached hydrogens (tertiary/aromatic N) is 3. The van der Waals surface area contributed by atoms with Gasteiger partial charge in [-0.15, -0.1) is 0 Å². The maximum atomic E-state index is 14.7. The van der Waals surface area contributed by atoms with Gasteiger partial charge in [0.2, 0.25) is 27.7 Å². The lowest BCUT2D eigenvalue weighted by Gasteiger charge is -2.38. The number of para-hydroxylation sites is 2. The number of sulfonamides is 1. The van der Waals surface area contributed by atoms with Gasteiger partial charge in [0.05, 0.1) is 28.2 Å². The fraction of sp³-hybridized carbons (Fsp3) is 0.619. The summed E-state index contributed by atoms with van der Waals surface area (Å²) in [6, 6.07) is 5.42. The van der Waals surface area contributed by atoms with E-state index in [2.05, 4.69) is 27.2 Å². The minimum absolute atomic E-state index is 0.0102. The van der Waals surface area contributed by atoms with E-state index >= 15 is 0 Å². The standard InChI is InChI=1S/C42H52N6O8S/c1-41(23-24-41)57(53,54)47-39(51)42-22-21-28(42)15-7-3-2-4-8-19-33-38(50)48-26-29(25-34(48)36(49)46-42)55-37-32(43-30-16-10-11-17-31(30)44-37)18-9-5-6-13-27-14-12-20-35(27)56-40(52)45-33/h7,10-11,15-17,27-29,33-35H,2-6,8-9,12-14,18-20,23-26H2,1H3,(H,45,52)(H,46,49)(H,47,51)/b15-7-/t27-,28-,29-,33+,34+,35-,42-/m1/s1. The molecule has 8 rings (SSSR count). The summed E-state index contributed by atoms with van der Waals surface area (Å²) >= 11 is 0. The van der Waals surface area contributed by atoms with Crippen molar-refractivity contribution in [1.82, 2.24) is 30.2 Å². The number of hydrogen-bond donors (Lipinski definition) is 3. The molecule has 304 valence electrons. The van der Waals surface area contributed by atoms with Crippen LogP contribution in [0.5, 0.6) is 5.88 Å². The topological polar surface area (TPSA) is 186 Å². The molecule has 4 heterocycles. The molecule has 2 saturated carbocycles. The number of rotatable bonds is 3. The molecule has 4 amide bonds. The van der Waals surface area contributed by atoms with Gasteiger partial charge in [-0.05, 0) is 95.6 Å². The number of alkyl carbamates (subject to hydrolysis) is 1. The summed E-state index contributed by atoms with van der Waals surface area (Å²) in [7, 11) is -4.06. The van der Waals surface area contributed by atoms with E-state index in [9.17, 15) is 27.6 Å². The number of aryl methyl sites for hydroxylation is 1. The van der Waals surface area contributed by atoms with E-state index in [1.54, 1.807) is 13.0 Å². The summed E-state index contributed by atoms with van der Waals surface area (Å²) < 4.78 is 40.3. The van der Waals surface area contributed by atoms with Gasteiger partial charge in [0.1, 0.15) is 30.0 Å². The fourth-order valence-electron chi connectivity index (χ4n) is 8.87. The van der Waals surface area contributed by atoms with Crippen molar-refractivity contribution >= 4 is 44.9 Å². The summed E-state index contributed by atoms with van der Waals surface area (Å²) in [4.78, 5) is 68.1. The van der Waals surface area contributed by atoms with Gasteiger partial charge < -0.3 is 25.0 Å². The Hall–Kier alpha value is -4.71. The highest BCUT2D eigenvalue weighted by atomic mass is 32.2. The van der Waals surface area contributed by atoms with Crippen LogP contribution in [0.3, 0.4) is 0 Å². The van der Waals surface area contributed by atoms with Crippen LogP contribution in [-0.2, 0) is 35.6 Å². The van der Waals surface area contributed by atoms with Crippen molar-refractivity contribution in [3.63, 3.8) is 0 Å². The van der Waals surface area contributed by atoms with Gasteiger partial charge in [0, 0.05) is 6.42 Å². The number of hydrogen-bond acceptors (Lipinski definition) is 10. The van der Waals surface area contributed by atoms with Crippen LogP contribution in [0, 0.1) is 23.7 Å². The second-order valence-corrected chi connectivity index (χ2v) is 19.1. The van der Waals surface area contributed by atoms with Crippen molar-refractivity contribution in [2.75, 3.05) is 6.54 Å². The summed E-state index contributed by atoms with van der Waals surface area (Å²) in [6.07, 6.45) is 13.1. The molecule has 1 aromatic carbocycles. The van der Waals surface area contributed by atoms with Crippen LogP contribution in [0.25, 0.3) is 11.0 Å². The predicted molar refractivity (Wildman–Crippen MR) is 210 cm³/mol. The van der Waals surface area contributed by atoms with E-state index in [-0.39, 0.29) is 25.0 Å². The quantitative estimate of drug-likeness (QED) is 0.298. The molecule has 3 aliphatic carbocycles. The Labute approximate surface area is 333 Å². The van der Waals surface area contributed by atoms with E-state index < -0.39 is 68.2 Å². The Bertz CT molecular complexity index is 2130. The average molecular weight is 801 g/mol. The maximum Gasteiger partial charge on any atom is 0.408 e. The molecule has 57 heavy (non-hydrogen) atoms. The van der Waals surface area contributed by atoms with Gasteiger partial charge in [-0.25, -0.2) is 27.9 Å². The molecule has 15 heteroatoms. The molecule has 0 spiro atoms. The Morgan fingerprint density at radius 3 is 2.47 bits per heavy atom. The number of carbonyl (C=O) groups excluding carboxylic acids is 4. The third kappa shape index (κ3) is 8.07. The SMILES string of the molecule is CC1(S(=O)(=O)NC(=O)[C@@]23C#C[C@H]2/C=C\CCCCC[C@@H]2NC(=O)O[C@@H]4CCC[C@H]4CCCCCc4nc5ccccc5nc4O[C@@H]4C[C@@H](C(=O)N3)N(C4)C2=O)CC1. The minimum Gasteiger partial charge on any atom is -0.471 e. The molecule has 3 bridgehead atoms. The molecule has 6 aliphatic rings. The summed E-state index contributed by atoms with van der Waals surface area (Å²) in [5, 5.41) is 5.70. The zero-order valence-electron chi connectivity index (χ0n) is 32.5. The van der Waals surface area contributed by atoms with E-state index in [0.717, 1.165) is 63.3 Å². The Morgan fingerprint density at radius 1 is 0.947 bits per heavy atom. The highest BCUT2D eigenvalue weighted by Gasteiger charge is 2.56. The largest absolute Gasteiger partial charge is 0.471 e. The fourth-order valence-corrected chi connectivity index (χ4v) is 10.2. The van der Waals surface area contributed by atoms with Crippen LogP contribution in [0.4, 0.5) is 4.79 Å². The molecule has 14 nitrogen and oxygen atoms in total. The Kier molecular flexibility index (Phi) is 10.9. The summed E-state index contributed by atoms with van der Waals surface area (Å²) in [5.74, 6) is 3.44. The lowest BCUT2D eigenvalue weighted by Crippen LogP contribution is -2.68. The maximum absolute atomic E-state index is 14.7. The second kappa shape index (κ2) is 15.9. The van der Waals surface area contributed by atoms with Gasteiger partial charge in [-0.2, -0.15) is 0 Å². The molecule has 7 atom stereocenters. The normalized spacial score (nSPS) is 32.3. The zero-order valence-corrected chi connectivity index (χ0v) is 33.3. The molecule has 3 N–H and O–H groups in total. The number of fused-ring (bicyclic) bond motifs is 6. The molecule has 0 unspecified atom stereocenters. The number of amides is 4. The molecule has 0 radical (unpaired) electrons. The molecule has 1 saturated heterocycles. The van der Waals surface area contributed by atoms with Gasteiger partial charge in [-0.3, -0.25) is 14.4 Å². The Balaban J connectivity index is 1.14. The lowest BCUT2D eigenvalue weighted by atomic mass is 9.75. The van der Waals surface area contributed by atoms with E-state index in [1.165, 1.54) is 4.90 Å². The number of ether oxygens (including phenoxy) is 2. The third-order valence-electron chi connectivity index (χ3n) is 12.8. The third-order valence-corrected chi connectivity index (χ3v) is 14.9. The first-order valence-electron chi connectivity index (χ1n) is 20.7. The van der Waals surface area contributed by atoms with Gasteiger partial charge >= 0.3 is 6.09 Å². The van der Waals surface area contributed by atoms with Gasteiger partial charge in [0.25, 0.3) is 5.91 Å². The molecule has 3 fully saturated rings. The number of benzene rings is 1. The summed E-state index contributed by atoms with van der Waals surface area (Å²) in [5.41, 5.74) is 0.206. The van der Waals surface area contributed by atoms with Crippen LogP contribution in [0.15, 0.2) is 36.4 Å². The second-order valence-electron chi connectivity index (χ2n) is 16.9. The van der Waals surface area contributed by atoms with E-state index in [4.69, 9.17) is 19.4 Å². The molecule has 3 aliphatic heterocycles. The minimum atomic E-state index is -4.06. The van der Waals surface area contributed by atoms with Crippen LogP contribution in [0.1, 0.15) is 109 Å². The van der Waals surface area contributed by atoms with Crippen LogP contribution >= 0.6 is 0 Å². The van der Waals surface area contributed by atoms with Crippen LogP contribution in [0.2, 0.25) is 0 Å². The molecular weight excluding hydrogens is 749 g/mol. The van der Waals surface area contributed by atoms with E-state index in [1.807, 2.05) is 30.3 Å². The van der Waals surface area contributed by atoms with Crippen LogP contribution in [-0.4, -0.2) is 88.2 Å². The predicted octanol–water partition coefficient (Wildman–Crippen LogP) is 4.37. The van der Waals surface area contributed by atoms with Crippen molar-refractivity contribution < 1.29 is 37.1 Å². The number of allylic oxidation sites excluding steroid dienone is 1. The number of aromatic nitrogens is 2. The first-order valence-corrected chi connectivity index (χ1v) is 22.2. The van der Waals surface area contributed by atoms with Crippen molar-refractivity contribution in [2.45, 2.75) is 144 Å². The highest BCUT2D eigenvalue weighted by Crippen LogP contribution is 2.43. The lowest BCUT2D eigenvalue weighted by molar-refractivity contribution is -0.141. The van der Waals surface area contributed by atoms with E-state index in [0.29, 0.717) is 55.6 Å². The monoisotopic (exact) mass is 800 g/mol. The van der Waals surface area contributed by atoms with Crippen molar-refractivity contribution in [1.29, 1.82) is 0 Å². The average Bonchev–Trinajstić information content (AvgIpc) is 3.58. The van der Waals surface area contributed by atoms with Crippen molar-refractivity contribution in [3.8, 4) is 17.7 Å². The molecule has 1 aromatic heterocycles. The molecule has 2 aromatic rings. The number of carbonyl (C=O) groups is 4. The highest BCUT2D eigenvalue weighted by molar-refractivity contribution is 7.91. The van der Waals surface area contributed by atoms with Crippen molar-refractivity contribution in [3.05, 3.63) is 42.1 Å². The first-order chi connectivity index (χ1) is 27.4. The van der Waals surface area contributed by atoms with Crippen molar-refractivity contribution in [2.24, 2.45) is 11.8 Å². The zero-order chi connectivity index (χ0) is 39.8. The van der Waals surface area contributed by atoms with Crippen LogP contribution < -0.4 is 20.1 Å². The first kappa shape index (κ1) is 39.1. The van der Waals surface area contributed by atoms with Gasteiger partial charge in [-0.1, -0.05) is 61.8 Å². The number of nitrogens with one attached hydrogen (secondary N) is 3.